The fourth-order valence-electron chi connectivity index (χ4n) is 2.77. The van der Waals surface area contributed by atoms with E-state index in [4.69, 9.17) is 0 Å². The van der Waals surface area contributed by atoms with Crippen molar-refractivity contribution in [2.45, 2.75) is 19.8 Å². The molecule has 20 heavy (non-hydrogen) atoms. The molecule has 0 radical (unpaired) electrons. The summed E-state index contributed by atoms with van der Waals surface area (Å²) < 4.78 is 0. The number of carbonyl (C=O) groups excluding carboxylic acids is 1. The smallest absolute Gasteiger partial charge is 0.225 e. The first kappa shape index (κ1) is 14.1. The summed E-state index contributed by atoms with van der Waals surface area (Å²) in [6, 6.07) is 0. The van der Waals surface area contributed by atoms with Crippen LogP contribution in [0, 0.1) is 12.8 Å². The number of anilines is 1. The Kier molecular flexibility index (Phi) is 4.45. The monoisotopic (exact) mass is 312 g/mol. The molecule has 0 spiro atoms. The highest BCUT2D eigenvalue weighted by atomic mass is 32.2. The number of aromatic nitrogens is 2. The molecule has 3 heterocycles. The molecule has 2 fully saturated rings. The molecule has 3 rings (SSSR count). The number of nitrogens with zero attached hydrogens (tertiary/aromatic N) is 4. The van der Waals surface area contributed by atoms with Crippen LogP contribution in [0.15, 0.2) is 0 Å². The topological polar surface area (TPSA) is 49.3 Å². The summed E-state index contributed by atoms with van der Waals surface area (Å²) in [6.45, 7) is 5.69. The van der Waals surface area contributed by atoms with Crippen LogP contribution in [0.5, 0.6) is 0 Å². The van der Waals surface area contributed by atoms with E-state index < -0.39 is 0 Å². The number of aryl methyl sites for hydroxylation is 1. The summed E-state index contributed by atoms with van der Waals surface area (Å²) in [5, 5.41) is 10.3. The second-order valence-corrected chi connectivity index (χ2v) is 7.69. The number of hydrogen-bond donors (Lipinski definition) is 0. The zero-order valence-electron chi connectivity index (χ0n) is 11.7. The maximum Gasteiger partial charge on any atom is 0.225 e. The molecule has 0 atom stereocenters. The third-order valence-electron chi connectivity index (χ3n) is 3.95. The lowest BCUT2D eigenvalue weighted by Gasteiger charge is -2.35. The van der Waals surface area contributed by atoms with Crippen molar-refractivity contribution in [2.24, 2.45) is 5.92 Å². The Morgan fingerprint density at radius 2 is 1.85 bits per heavy atom. The van der Waals surface area contributed by atoms with Gasteiger partial charge in [0.1, 0.15) is 5.01 Å². The predicted octanol–water partition coefficient (Wildman–Crippen LogP) is 1.64. The van der Waals surface area contributed by atoms with Crippen molar-refractivity contribution in [1.82, 2.24) is 15.1 Å². The Morgan fingerprint density at radius 3 is 2.45 bits per heavy atom. The molecule has 2 aliphatic heterocycles. The van der Waals surface area contributed by atoms with E-state index >= 15 is 0 Å². The second kappa shape index (κ2) is 6.30. The number of rotatable bonds is 2. The highest BCUT2D eigenvalue weighted by Gasteiger charge is 2.30. The maximum atomic E-state index is 12.5. The third kappa shape index (κ3) is 3.09. The molecule has 0 saturated carbocycles. The SMILES string of the molecule is Cc1nnc(N2CCC(C(=O)N3CCSCC3)CC2)s1. The molecular formula is C13H20N4OS2. The minimum atomic E-state index is 0.211. The number of thioether (sulfide) groups is 1. The van der Waals surface area contributed by atoms with Crippen LogP contribution >= 0.6 is 23.1 Å². The van der Waals surface area contributed by atoms with Gasteiger partial charge in [-0.05, 0) is 19.8 Å². The van der Waals surface area contributed by atoms with Gasteiger partial charge in [0.05, 0.1) is 0 Å². The van der Waals surface area contributed by atoms with Crippen molar-refractivity contribution in [3.8, 4) is 0 Å². The summed E-state index contributed by atoms with van der Waals surface area (Å²) in [4.78, 5) is 16.8. The van der Waals surface area contributed by atoms with Gasteiger partial charge in [0.15, 0.2) is 0 Å². The Balaban J connectivity index is 1.54. The van der Waals surface area contributed by atoms with Crippen molar-refractivity contribution >= 4 is 34.1 Å². The number of amides is 1. The van der Waals surface area contributed by atoms with Crippen LogP contribution in [0.4, 0.5) is 5.13 Å². The van der Waals surface area contributed by atoms with Crippen LogP contribution in [0.2, 0.25) is 0 Å². The molecule has 2 aliphatic rings. The number of hydrogen-bond acceptors (Lipinski definition) is 6. The Labute approximate surface area is 127 Å². The molecule has 0 bridgehead atoms. The minimum Gasteiger partial charge on any atom is -0.347 e. The van der Waals surface area contributed by atoms with E-state index in [1.807, 2.05) is 18.7 Å². The van der Waals surface area contributed by atoms with Crippen molar-refractivity contribution < 1.29 is 4.79 Å². The number of piperidine rings is 1. The maximum absolute atomic E-state index is 12.5. The van der Waals surface area contributed by atoms with Gasteiger partial charge in [0.25, 0.3) is 0 Å². The lowest BCUT2D eigenvalue weighted by molar-refractivity contribution is -0.135. The largest absolute Gasteiger partial charge is 0.347 e. The van der Waals surface area contributed by atoms with E-state index in [0.29, 0.717) is 5.91 Å². The molecule has 1 aromatic rings. The van der Waals surface area contributed by atoms with E-state index in [0.717, 1.165) is 60.7 Å². The quantitative estimate of drug-likeness (QED) is 0.831. The Hall–Kier alpha value is -0.820. The van der Waals surface area contributed by atoms with Crippen LogP contribution < -0.4 is 4.90 Å². The first-order chi connectivity index (χ1) is 9.74. The molecule has 110 valence electrons. The third-order valence-corrected chi connectivity index (χ3v) is 5.79. The van der Waals surface area contributed by atoms with Gasteiger partial charge in [-0.1, -0.05) is 11.3 Å². The van der Waals surface area contributed by atoms with E-state index in [1.165, 1.54) is 0 Å². The molecule has 0 aromatic carbocycles. The average Bonchev–Trinajstić information content (AvgIpc) is 2.94. The van der Waals surface area contributed by atoms with Gasteiger partial charge in [0.2, 0.25) is 11.0 Å². The lowest BCUT2D eigenvalue weighted by Crippen LogP contribution is -2.45. The molecule has 1 amide bonds. The van der Waals surface area contributed by atoms with Crippen molar-refractivity contribution in [2.75, 3.05) is 42.6 Å². The van der Waals surface area contributed by atoms with E-state index in [-0.39, 0.29) is 5.92 Å². The Morgan fingerprint density at radius 1 is 1.15 bits per heavy atom. The van der Waals surface area contributed by atoms with Gasteiger partial charge in [-0.2, -0.15) is 11.8 Å². The van der Waals surface area contributed by atoms with Crippen LogP contribution in [0.1, 0.15) is 17.8 Å². The van der Waals surface area contributed by atoms with Gasteiger partial charge in [-0.25, -0.2) is 0 Å². The summed E-state index contributed by atoms with van der Waals surface area (Å²) in [6.07, 6.45) is 1.89. The predicted molar refractivity (Wildman–Crippen MR) is 83.5 cm³/mol. The molecule has 7 heteroatoms. The zero-order valence-corrected chi connectivity index (χ0v) is 13.4. The highest BCUT2D eigenvalue weighted by Crippen LogP contribution is 2.27. The van der Waals surface area contributed by atoms with Gasteiger partial charge in [0, 0.05) is 43.6 Å². The van der Waals surface area contributed by atoms with Crippen LogP contribution in [0.3, 0.4) is 0 Å². The van der Waals surface area contributed by atoms with Gasteiger partial charge < -0.3 is 9.80 Å². The van der Waals surface area contributed by atoms with Crippen molar-refractivity contribution in [1.29, 1.82) is 0 Å². The summed E-state index contributed by atoms with van der Waals surface area (Å²) in [7, 11) is 0. The molecule has 0 aliphatic carbocycles. The molecule has 2 saturated heterocycles. The van der Waals surface area contributed by atoms with Crippen molar-refractivity contribution in [3.05, 3.63) is 5.01 Å². The summed E-state index contributed by atoms with van der Waals surface area (Å²) in [5.74, 6) is 2.77. The zero-order chi connectivity index (χ0) is 13.9. The van der Waals surface area contributed by atoms with Crippen LogP contribution in [0.25, 0.3) is 0 Å². The molecule has 0 unspecified atom stereocenters. The fourth-order valence-corrected chi connectivity index (χ4v) is 4.42. The van der Waals surface area contributed by atoms with E-state index in [1.54, 1.807) is 11.3 Å². The van der Waals surface area contributed by atoms with Gasteiger partial charge >= 0.3 is 0 Å². The minimum absolute atomic E-state index is 0.211. The van der Waals surface area contributed by atoms with Gasteiger partial charge in [-0.3, -0.25) is 4.79 Å². The number of carbonyl (C=O) groups is 1. The lowest BCUT2D eigenvalue weighted by atomic mass is 9.95. The van der Waals surface area contributed by atoms with Crippen LogP contribution in [-0.4, -0.2) is 58.7 Å². The standard InChI is InChI=1S/C13H20N4OS2/c1-10-14-15-13(20-10)17-4-2-11(3-5-17)12(18)16-6-8-19-9-7-16/h11H,2-9H2,1H3. The summed E-state index contributed by atoms with van der Waals surface area (Å²) in [5.41, 5.74) is 0. The normalized spacial score (nSPS) is 21.2. The van der Waals surface area contributed by atoms with Crippen LogP contribution in [-0.2, 0) is 4.79 Å². The first-order valence-corrected chi connectivity index (χ1v) is 9.13. The van der Waals surface area contributed by atoms with E-state index in [2.05, 4.69) is 20.0 Å². The molecular weight excluding hydrogens is 292 g/mol. The first-order valence-electron chi connectivity index (χ1n) is 7.15. The average molecular weight is 312 g/mol. The second-order valence-electron chi connectivity index (χ2n) is 5.30. The molecule has 1 aromatic heterocycles. The van der Waals surface area contributed by atoms with Gasteiger partial charge in [-0.15, -0.1) is 10.2 Å². The Bertz CT molecular complexity index is 465. The van der Waals surface area contributed by atoms with E-state index in [9.17, 15) is 4.79 Å². The molecule has 5 nitrogen and oxygen atoms in total. The summed E-state index contributed by atoms with van der Waals surface area (Å²) >= 11 is 3.58. The fraction of sp³-hybridized carbons (Fsp3) is 0.769. The molecule has 0 N–H and O–H groups in total. The highest BCUT2D eigenvalue weighted by molar-refractivity contribution is 7.99. The van der Waals surface area contributed by atoms with Crippen molar-refractivity contribution in [3.63, 3.8) is 0 Å².